The van der Waals surface area contributed by atoms with Gasteiger partial charge in [0.05, 0.1) is 16.4 Å². The van der Waals surface area contributed by atoms with Gasteiger partial charge in [0.1, 0.15) is 0 Å². The zero-order valence-corrected chi connectivity index (χ0v) is 13.6. The number of benzene rings is 1. The Labute approximate surface area is 131 Å². The fourth-order valence-corrected chi connectivity index (χ4v) is 3.32. The molecule has 0 spiro atoms. The highest BCUT2D eigenvalue weighted by molar-refractivity contribution is 6.34. The highest BCUT2D eigenvalue weighted by atomic mass is 35.5. The van der Waals surface area contributed by atoms with Gasteiger partial charge in [0, 0.05) is 11.4 Å². The number of aromatic nitrogens is 1. The third-order valence-electron chi connectivity index (χ3n) is 4.31. The van der Waals surface area contributed by atoms with E-state index in [4.69, 9.17) is 11.6 Å². The van der Waals surface area contributed by atoms with Gasteiger partial charge < -0.3 is 5.32 Å². The molecule has 0 atom stereocenters. The molecular weight excluding hydrogens is 280 g/mol. The van der Waals surface area contributed by atoms with Crippen LogP contribution in [0, 0.1) is 20.8 Å². The summed E-state index contributed by atoms with van der Waals surface area (Å²) >= 11 is 6.56. The quantitative estimate of drug-likeness (QED) is 0.816. The first-order valence-electron chi connectivity index (χ1n) is 7.59. The monoisotopic (exact) mass is 300 g/mol. The molecule has 2 aromatic rings. The third kappa shape index (κ3) is 2.65. The van der Waals surface area contributed by atoms with Crippen molar-refractivity contribution in [3.8, 4) is 0 Å². The van der Waals surface area contributed by atoms with Gasteiger partial charge in [-0.1, -0.05) is 29.8 Å². The van der Waals surface area contributed by atoms with E-state index >= 15 is 0 Å². The topological polar surface area (TPSA) is 24.9 Å². The van der Waals surface area contributed by atoms with Crippen LogP contribution in [0.5, 0.6) is 0 Å². The Bertz CT molecular complexity index is 672. The van der Waals surface area contributed by atoms with Gasteiger partial charge in [-0.05, 0) is 63.1 Å². The molecule has 1 N–H and O–H groups in total. The summed E-state index contributed by atoms with van der Waals surface area (Å²) in [4.78, 5) is 4.69. The summed E-state index contributed by atoms with van der Waals surface area (Å²) in [5, 5.41) is 4.37. The summed E-state index contributed by atoms with van der Waals surface area (Å²) in [6, 6.07) is 6.35. The number of rotatable bonds is 2. The minimum absolute atomic E-state index is 0.762. The normalized spacial score (nSPS) is 13.9. The third-order valence-corrected chi connectivity index (χ3v) is 4.77. The van der Waals surface area contributed by atoms with E-state index in [-0.39, 0.29) is 0 Å². The molecule has 1 aliphatic carbocycles. The van der Waals surface area contributed by atoms with Crippen LogP contribution in [0.3, 0.4) is 0 Å². The van der Waals surface area contributed by atoms with E-state index in [1.807, 2.05) is 6.92 Å². The van der Waals surface area contributed by atoms with E-state index in [1.165, 1.54) is 35.2 Å². The minimum atomic E-state index is 0.762. The molecule has 0 bridgehead atoms. The number of hydrogen-bond donors (Lipinski definition) is 1. The van der Waals surface area contributed by atoms with Crippen LogP contribution >= 0.6 is 11.6 Å². The lowest BCUT2D eigenvalue weighted by atomic mass is 9.93. The van der Waals surface area contributed by atoms with Gasteiger partial charge in [-0.15, -0.1) is 0 Å². The molecule has 1 aliphatic rings. The van der Waals surface area contributed by atoms with Crippen LogP contribution in [0.2, 0.25) is 5.02 Å². The molecule has 0 radical (unpaired) electrons. The van der Waals surface area contributed by atoms with E-state index in [0.717, 1.165) is 34.9 Å². The van der Waals surface area contributed by atoms with Crippen molar-refractivity contribution < 1.29 is 0 Å². The second-order valence-electron chi connectivity index (χ2n) is 5.91. The lowest BCUT2D eigenvalue weighted by Gasteiger charge is -2.23. The molecule has 1 aromatic heterocycles. The first kappa shape index (κ1) is 14.4. The fraction of sp³-hybridized carbons (Fsp3) is 0.389. The number of anilines is 2. The summed E-state index contributed by atoms with van der Waals surface area (Å²) in [5.41, 5.74) is 8.16. The molecule has 0 saturated heterocycles. The maximum absolute atomic E-state index is 6.56. The summed E-state index contributed by atoms with van der Waals surface area (Å²) < 4.78 is 0. The van der Waals surface area contributed by atoms with Crippen LogP contribution in [0.15, 0.2) is 18.2 Å². The molecule has 3 heteroatoms. The minimum Gasteiger partial charge on any atom is -0.354 e. The average Bonchev–Trinajstić information content (AvgIpc) is 2.46. The predicted molar refractivity (Wildman–Crippen MR) is 89.8 cm³/mol. The molecule has 0 amide bonds. The summed E-state index contributed by atoms with van der Waals surface area (Å²) in [6.45, 7) is 6.25. The molecule has 0 aliphatic heterocycles. The molecular formula is C18H21ClN2. The van der Waals surface area contributed by atoms with E-state index in [2.05, 4.69) is 42.3 Å². The Hall–Kier alpha value is -1.54. The highest BCUT2D eigenvalue weighted by Crippen LogP contribution is 2.37. The zero-order chi connectivity index (χ0) is 15.0. The first-order valence-corrected chi connectivity index (χ1v) is 7.97. The van der Waals surface area contributed by atoms with Crippen LogP contribution in [0.25, 0.3) is 0 Å². The van der Waals surface area contributed by atoms with Crippen molar-refractivity contribution in [1.29, 1.82) is 0 Å². The van der Waals surface area contributed by atoms with Gasteiger partial charge in [0.2, 0.25) is 0 Å². The summed E-state index contributed by atoms with van der Waals surface area (Å²) in [7, 11) is 0. The van der Waals surface area contributed by atoms with Crippen molar-refractivity contribution in [1.82, 2.24) is 4.98 Å². The van der Waals surface area contributed by atoms with Crippen molar-refractivity contribution >= 4 is 23.0 Å². The number of fused-ring (bicyclic) bond motifs is 1. The Balaban J connectivity index is 2.12. The molecule has 110 valence electrons. The molecule has 1 heterocycles. The van der Waals surface area contributed by atoms with Crippen molar-refractivity contribution in [2.24, 2.45) is 0 Å². The highest BCUT2D eigenvalue weighted by Gasteiger charge is 2.20. The van der Waals surface area contributed by atoms with Crippen LogP contribution in [0.1, 0.15) is 40.9 Å². The van der Waals surface area contributed by atoms with Gasteiger partial charge in [0.15, 0.2) is 0 Å². The lowest BCUT2D eigenvalue weighted by Crippen LogP contribution is -2.11. The van der Waals surface area contributed by atoms with E-state index in [0.29, 0.717) is 0 Å². The maximum Gasteiger partial charge on any atom is 0.0856 e. The van der Waals surface area contributed by atoms with Gasteiger partial charge in [-0.25, -0.2) is 0 Å². The van der Waals surface area contributed by atoms with E-state index in [1.54, 1.807) is 0 Å². The fourth-order valence-electron chi connectivity index (χ4n) is 3.11. The average molecular weight is 301 g/mol. The summed E-state index contributed by atoms with van der Waals surface area (Å²) in [6.07, 6.45) is 4.57. The van der Waals surface area contributed by atoms with Gasteiger partial charge >= 0.3 is 0 Å². The molecule has 21 heavy (non-hydrogen) atoms. The summed E-state index contributed by atoms with van der Waals surface area (Å²) in [5.74, 6) is 0. The van der Waals surface area contributed by atoms with Crippen molar-refractivity contribution in [2.45, 2.75) is 46.5 Å². The molecule has 3 rings (SSSR count). The largest absolute Gasteiger partial charge is 0.354 e. The van der Waals surface area contributed by atoms with Crippen molar-refractivity contribution in [3.63, 3.8) is 0 Å². The second-order valence-corrected chi connectivity index (χ2v) is 6.29. The SMILES string of the molecule is Cc1cccc(C)c1Nc1c(Cl)c(C)nc2c1CCCC2. The number of halogens is 1. The van der Waals surface area contributed by atoms with Gasteiger partial charge in [0.25, 0.3) is 0 Å². The number of nitrogens with zero attached hydrogens (tertiary/aromatic N) is 1. The first-order chi connectivity index (χ1) is 10.1. The smallest absolute Gasteiger partial charge is 0.0856 e. The molecule has 2 nitrogen and oxygen atoms in total. The Morgan fingerprint density at radius 2 is 1.67 bits per heavy atom. The van der Waals surface area contributed by atoms with E-state index < -0.39 is 0 Å². The van der Waals surface area contributed by atoms with E-state index in [9.17, 15) is 0 Å². The van der Waals surface area contributed by atoms with Crippen LogP contribution in [-0.4, -0.2) is 4.98 Å². The lowest BCUT2D eigenvalue weighted by molar-refractivity contribution is 0.667. The van der Waals surface area contributed by atoms with Gasteiger partial charge in [-0.2, -0.15) is 0 Å². The second kappa shape index (κ2) is 5.69. The molecule has 0 fully saturated rings. The van der Waals surface area contributed by atoms with Crippen molar-refractivity contribution in [3.05, 3.63) is 51.3 Å². The standard InChI is InChI=1S/C18H21ClN2/c1-11-7-6-8-12(2)17(11)21-18-14-9-4-5-10-15(14)20-13(3)16(18)19/h6-8H,4-5,9-10H2,1-3H3,(H,20,21). The Morgan fingerprint density at radius 1 is 1.00 bits per heavy atom. The zero-order valence-electron chi connectivity index (χ0n) is 12.9. The number of aryl methyl sites for hydroxylation is 4. The predicted octanol–water partition coefficient (Wildman–Crippen LogP) is 5.28. The van der Waals surface area contributed by atoms with Crippen LogP contribution in [-0.2, 0) is 12.8 Å². The molecule has 0 unspecified atom stereocenters. The number of para-hydroxylation sites is 1. The number of pyridine rings is 1. The molecule has 1 aromatic carbocycles. The molecule has 0 saturated carbocycles. The Morgan fingerprint density at radius 3 is 2.38 bits per heavy atom. The van der Waals surface area contributed by atoms with Crippen LogP contribution < -0.4 is 5.32 Å². The van der Waals surface area contributed by atoms with Crippen molar-refractivity contribution in [2.75, 3.05) is 5.32 Å². The number of hydrogen-bond acceptors (Lipinski definition) is 2. The maximum atomic E-state index is 6.56. The van der Waals surface area contributed by atoms with Crippen LogP contribution in [0.4, 0.5) is 11.4 Å². The number of nitrogens with one attached hydrogen (secondary N) is 1. The van der Waals surface area contributed by atoms with Gasteiger partial charge in [-0.3, -0.25) is 4.98 Å². The Kier molecular flexibility index (Phi) is 3.90.